The highest BCUT2D eigenvalue weighted by atomic mass is 16.5. The van der Waals surface area contributed by atoms with Crippen LogP contribution in [0.25, 0.3) is 0 Å². The molecule has 3 heteroatoms. The summed E-state index contributed by atoms with van der Waals surface area (Å²) >= 11 is 0. The first-order chi connectivity index (χ1) is 4.02. The van der Waals surface area contributed by atoms with Gasteiger partial charge in [-0.2, -0.15) is 0 Å². The molecule has 9 heavy (non-hydrogen) atoms. The van der Waals surface area contributed by atoms with Crippen molar-refractivity contribution in [3.8, 4) is 0 Å². The van der Waals surface area contributed by atoms with Crippen molar-refractivity contribution in [3.05, 3.63) is 0 Å². The standard InChI is InChI=1S/C6H13BO2/c1-4-3-6(2,8)5(7)9-4/h4-5,8H,3,7H2,1-2H3/t4-,5-,6-/m1/s1. The van der Waals surface area contributed by atoms with E-state index in [1.54, 1.807) is 0 Å². The first-order valence-corrected chi connectivity index (χ1v) is 3.40. The third kappa shape index (κ3) is 1.27. The van der Waals surface area contributed by atoms with Crippen LogP contribution in [0.2, 0.25) is 0 Å². The molecule has 0 radical (unpaired) electrons. The van der Waals surface area contributed by atoms with E-state index < -0.39 is 5.60 Å². The highest BCUT2D eigenvalue weighted by Gasteiger charge is 2.38. The minimum Gasteiger partial charge on any atom is -0.388 e. The first-order valence-electron chi connectivity index (χ1n) is 3.40. The lowest BCUT2D eigenvalue weighted by Gasteiger charge is -2.19. The summed E-state index contributed by atoms with van der Waals surface area (Å²) in [6.07, 6.45) is 0.976. The molecule has 0 bridgehead atoms. The average Bonchev–Trinajstić information content (AvgIpc) is 1.79. The highest BCUT2D eigenvalue weighted by Crippen LogP contribution is 2.27. The molecule has 0 spiro atoms. The molecule has 1 rings (SSSR count). The minimum atomic E-state index is -0.598. The van der Waals surface area contributed by atoms with Gasteiger partial charge in [-0.15, -0.1) is 0 Å². The molecule has 2 nitrogen and oxygen atoms in total. The second kappa shape index (κ2) is 1.99. The van der Waals surface area contributed by atoms with Crippen LogP contribution in [0, 0.1) is 0 Å². The van der Waals surface area contributed by atoms with Crippen LogP contribution in [0.15, 0.2) is 0 Å². The normalized spacial score (nSPS) is 51.9. The van der Waals surface area contributed by atoms with Gasteiger partial charge in [0.2, 0.25) is 0 Å². The van der Waals surface area contributed by atoms with Crippen LogP contribution in [0.3, 0.4) is 0 Å². The number of aliphatic hydroxyl groups is 1. The zero-order valence-electron chi connectivity index (χ0n) is 6.22. The lowest BCUT2D eigenvalue weighted by atomic mass is 9.84. The molecule has 0 unspecified atom stereocenters. The molecule has 1 fully saturated rings. The number of ether oxygens (including phenoxy) is 1. The van der Waals surface area contributed by atoms with Crippen molar-refractivity contribution in [1.82, 2.24) is 0 Å². The molecule has 1 aliphatic heterocycles. The molecular formula is C6H13BO2. The maximum Gasteiger partial charge on any atom is 0.143 e. The van der Waals surface area contributed by atoms with E-state index in [2.05, 4.69) is 0 Å². The smallest absolute Gasteiger partial charge is 0.143 e. The molecule has 0 amide bonds. The Hall–Kier alpha value is -0.0151. The third-order valence-electron chi connectivity index (χ3n) is 2.01. The SMILES string of the molecule is B[C@@H]1O[C@H](C)C[C@@]1(C)O. The van der Waals surface area contributed by atoms with Crippen molar-refractivity contribution >= 4 is 7.85 Å². The Kier molecular flexibility index (Phi) is 1.57. The zero-order valence-corrected chi connectivity index (χ0v) is 6.22. The molecule has 1 heterocycles. The Morgan fingerprint density at radius 2 is 2.33 bits per heavy atom. The zero-order chi connectivity index (χ0) is 7.07. The second-order valence-electron chi connectivity index (χ2n) is 3.15. The number of hydrogen-bond acceptors (Lipinski definition) is 2. The van der Waals surface area contributed by atoms with Gasteiger partial charge in [-0.1, -0.05) is 0 Å². The van der Waals surface area contributed by atoms with Gasteiger partial charge in [-0.25, -0.2) is 0 Å². The molecule has 52 valence electrons. The molecule has 0 aromatic carbocycles. The summed E-state index contributed by atoms with van der Waals surface area (Å²) in [6.45, 7) is 3.80. The first kappa shape index (κ1) is 7.10. The average molecular weight is 128 g/mol. The van der Waals surface area contributed by atoms with Crippen LogP contribution in [-0.4, -0.2) is 30.7 Å². The molecule has 1 saturated heterocycles. The van der Waals surface area contributed by atoms with E-state index >= 15 is 0 Å². The van der Waals surface area contributed by atoms with Gasteiger partial charge in [0.1, 0.15) is 7.85 Å². The molecule has 1 N–H and O–H groups in total. The van der Waals surface area contributed by atoms with Gasteiger partial charge in [0.05, 0.1) is 17.7 Å². The van der Waals surface area contributed by atoms with Crippen LogP contribution in [0.1, 0.15) is 20.3 Å². The second-order valence-corrected chi connectivity index (χ2v) is 3.15. The summed E-state index contributed by atoms with van der Waals surface area (Å²) in [4.78, 5) is 0. The molecule has 0 saturated carbocycles. The predicted molar refractivity (Wildman–Crippen MR) is 38.1 cm³/mol. The molecule has 0 aromatic rings. The Morgan fingerprint density at radius 3 is 2.44 bits per heavy atom. The van der Waals surface area contributed by atoms with Crippen molar-refractivity contribution in [2.75, 3.05) is 0 Å². The van der Waals surface area contributed by atoms with E-state index in [0.717, 1.165) is 6.42 Å². The summed E-state index contributed by atoms with van der Waals surface area (Å²) in [5, 5.41) is 9.51. The van der Waals surface area contributed by atoms with Gasteiger partial charge in [-0.05, 0) is 13.8 Å². The van der Waals surface area contributed by atoms with Crippen molar-refractivity contribution < 1.29 is 9.84 Å². The fourth-order valence-corrected chi connectivity index (χ4v) is 1.29. The largest absolute Gasteiger partial charge is 0.388 e. The van der Waals surface area contributed by atoms with Crippen molar-refractivity contribution in [1.29, 1.82) is 0 Å². The van der Waals surface area contributed by atoms with E-state index in [4.69, 9.17) is 4.74 Å². The van der Waals surface area contributed by atoms with Crippen molar-refractivity contribution in [2.24, 2.45) is 0 Å². The molecular weight excluding hydrogens is 115 g/mol. The molecule has 1 aliphatic rings. The van der Waals surface area contributed by atoms with E-state index in [0.29, 0.717) is 0 Å². The fourth-order valence-electron chi connectivity index (χ4n) is 1.29. The van der Waals surface area contributed by atoms with E-state index in [9.17, 15) is 5.11 Å². The van der Waals surface area contributed by atoms with E-state index in [-0.39, 0.29) is 12.1 Å². The molecule has 0 aliphatic carbocycles. The maximum absolute atomic E-state index is 9.51. The van der Waals surface area contributed by atoms with Crippen molar-refractivity contribution in [2.45, 2.75) is 38.0 Å². The van der Waals surface area contributed by atoms with Crippen LogP contribution in [-0.2, 0) is 4.74 Å². The Bertz CT molecular complexity index is 114. The summed E-state index contributed by atoms with van der Waals surface area (Å²) in [7, 11) is 1.91. The van der Waals surface area contributed by atoms with Crippen molar-refractivity contribution in [3.63, 3.8) is 0 Å². The molecule has 0 aromatic heterocycles. The summed E-state index contributed by atoms with van der Waals surface area (Å²) < 4.78 is 5.33. The van der Waals surface area contributed by atoms with Gasteiger partial charge in [0.25, 0.3) is 0 Å². The van der Waals surface area contributed by atoms with Crippen LogP contribution >= 0.6 is 0 Å². The summed E-state index contributed by atoms with van der Waals surface area (Å²) in [5.74, 6) is 0. The number of rotatable bonds is 0. The van der Waals surface area contributed by atoms with Crippen LogP contribution in [0.4, 0.5) is 0 Å². The van der Waals surface area contributed by atoms with Gasteiger partial charge < -0.3 is 9.84 Å². The quantitative estimate of drug-likeness (QED) is 0.446. The van der Waals surface area contributed by atoms with E-state index in [1.807, 2.05) is 21.7 Å². The van der Waals surface area contributed by atoms with Gasteiger partial charge in [-0.3, -0.25) is 0 Å². The lowest BCUT2D eigenvalue weighted by molar-refractivity contribution is 0.0117. The van der Waals surface area contributed by atoms with Gasteiger partial charge in [0.15, 0.2) is 0 Å². The summed E-state index contributed by atoms with van der Waals surface area (Å²) in [6, 6.07) is -0.00694. The number of hydrogen-bond donors (Lipinski definition) is 1. The van der Waals surface area contributed by atoms with Crippen LogP contribution in [0.5, 0.6) is 0 Å². The van der Waals surface area contributed by atoms with Gasteiger partial charge in [0, 0.05) is 6.42 Å². The van der Waals surface area contributed by atoms with Crippen LogP contribution < -0.4 is 0 Å². The maximum atomic E-state index is 9.51. The lowest BCUT2D eigenvalue weighted by Crippen LogP contribution is -2.34. The highest BCUT2D eigenvalue weighted by molar-refractivity contribution is 6.12. The summed E-state index contributed by atoms with van der Waals surface area (Å²) in [5.41, 5.74) is -0.598. The Labute approximate surface area is 56.6 Å². The monoisotopic (exact) mass is 128 g/mol. The molecule has 3 atom stereocenters. The fraction of sp³-hybridized carbons (Fsp3) is 1.00. The Morgan fingerprint density at radius 1 is 1.78 bits per heavy atom. The minimum absolute atomic E-state index is 0.00694. The predicted octanol–water partition coefficient (Wildman–Crippen LogP) is -0.495. The third-order valence-corrected chi connectivity index (χ3v) is 2.01. The van der Waals surface area contributed by atoms with E-state index in [1.165, 1.54) is 0 Å². The Balaban J connectivity index is 2.58. The topological polar surface area (TPSA) is 29.5 Å². The van der Waals surface area contributed by atoms with Gasteiger partial charge >= 0.3 is 0 Å².